The van der Waals surface area contributed by atoms with Crippen molar-refractivity contribution < 1.29 is 19.1 Å². The summed E-state index contributed by atoms with van der Waals surface area (Å²) in [6.45, 7) is 3.72. The topological polar surface area (TPSA) is 75.7 Å². The summed E-state index contributed by atoms with van der Waals surface area (Å²) in [6.07, 6.45) is 0. The van der Waals surface area contributed by atoms with Crippen molar-refractivity contribution in [2.75, 3.05) is 10.2 Å². The summed E-state index contributed by atoms with van der Waals surface area (Å²) in [5, 5.41) is 2.70. The van der Waals surface area contributed by atoms with Crippen molar-refractivity contribution in [1.29, 1.82) is 0 Å². The highest BCUT2D eigenvalue weighted by molar-refractivity contribution is 6.53. The zero-order valence-corrected chi connectivity index (χ0v) is 18.1. The summed E-state index contributed by atoms with van der Waals surface area (Å²) < 4.78 is 5.38. The number of amides is 2. The number of aryl methyl sites for hydroxylation is 2. The Labute approximate surface area is 190 Å². The molecule has 1 heterocycles. The SMILES string of the molecule is Cc1cccc(OC(=O)c2ccc(NC3=C(Cl)C(=O)N(c4ccccc4C)C3=O)cc2)c1. The van der Waals surface area contributed by atoms with Crippen molar-refractivity contribution in [2.24, 2.45) is 0 Å². The summed E-state index contributed by atoms with van der Waals surface area (Å²) in [5.74, 6) is -1.18. The third kappa shape index (κ3) is 4.13. The lowest BCUT2D eigenvalue weighted by atomic mass is 10.2. The average molecular weight is 447 g/mol. The molecule has 1 N–H and O–H groups in total. The Kier molecular flexibility index (Phi) is 5.79. The van der Waals surface area contributed by atoms with Gasteiger partial charge in [0.05, 0.1) is 11.3 Å². The van der Waals surface area contributed by atoms with Crippen LogP contribution in [0.1, 0.15) is 21.5 Å². The zero-order chi connectivity index (χ0) is 22.8. The summed E-state index contributed by atoms with van der Waals surface area (Å²) in [7, 11) is 0. The summed E-state index contributed by atoms with van der Waals surface area (Å²) in [4.78, 5) is 39.0. The predicted molar refractivity (Wildman–Crippen MR) is 123 cm³/mol. The first-order valence-electron chi connectivity index (χ1n) is 9.85. The number of benzene rings is 3. The fourth-order valence-electron chi connectivity index (χ4n) is 3.32. The predicted octanol–water partition coefficient (Wildman–Crippen LogP) is 4.96. The maximum absolute atomic E-state index is 12.9. The lowest BCUT2D eigenvalue weighted by molar-refractivity contribution is -0.120. The van der Waals surface area contributed by atoms with Gasteiger partial charge in [-0.15, -0.1) is 0 Å². The van der Waals surface area contributed by atoms with Crippen molar-refractivity contribution in [3.8, 4) is 5.75 Å². The number of carbonyl (C=O) groups excluding carboxylic acids is 3. The van der Waals surface area contributed by atoms with E-state index in [1.165, 1.54) is 0 Å². The molecule has 32 heavy (non-hydrogen) atoms. The molecule has 2 amide bonds. The van der Waals surface area contributed by atoms with E-state index < -0.39 is 17.8 Å². The molecule has 3 aromatic carbocycles. The van der Waals surface area contributed by atoms with E-state index in [2.05, 4.69) is 5.32 Å². The van der Waals surface area contributed by atoms with Crippen LogP contribution in [0.25, 0.3) is 0 Å². The lowest BCUT2D eigenvalue weighted by Crippen LogP contribution is -2.32. The van der Waals surface area contributed by atoms with Crippen molar-refractivity contribution >= 4 is 40.8 Å². The van der Waals surface area contributed by atoms with Crippen LogP contribution >= 0.6 is 11.6 Å². The largest absolute Gasteiger partial charge is 0.423 e. The molecule has 160 valence electrons. The Morgan fingerprint density at radius 1 is 0.906 bits per heavy atom. The first kappa shape index (κ1) is 21.3. The van der Waals surface area contributed by atoms with Gasteiger partial charge in [-0.3, -0.25) is 9.59 Å². The van der Waals surface area contributed by atoms with Crippen LogP contribution in [0.2, 0.25) is 0 Å². The van der Waals surface area contributed by atoms with Crippen LogP contribution in [0.4, 0.5) is 11.4 Å². The van der Waals surface area contributed by atoms with E-state index in [-0.39, 0.29) is 10.7 Å². The zero-order valence-electron chi connectivity index (χ0n) is 17.4. The Morgan fingerprint density at radius 2 is 1.62 bits per heavy atom. The molecular formula is C25H19ClN2O4. The van der Waals surface area contributed by atoms with Gasteiger partial charge < -0.3 is 10.1 Å². The first-order valence-corrected chi connectivity index (χ1v) is 10.2. The molecule has 6 nitrogen and oxygen atoms in total. The Bertz CT molecular complexity index is 1260. The van der Waals surface area contributed by atoms with Crippen molar-refractivity contribution in [2.45, 2.75) is 13.8 Å². The molecule has 4 rings (SSSR count). The summed E-state index contributed by atoms with van der Waals surface area (Å²) in [6, 6.07) is 20.6. The molecule has 0 spiro atoms. The van der Waals surface area contributed by atoms with Crippen molar-refractivity contribution in [1.82, 2.24) is 0 Å². The molecule has 0 saturated carbocycles. The average Bonchev–Trinajstić information content (AvgIpc) is 2.98. The number of ether oxygens (including phenoxy) is 1. The first-order chi connectivity index (χ1) is 15.3. The molecule has 0 unspecified atom stereocenters. The number of halogens is 1. The molecule has 1 aliphatic rings. The van der Waals surface area contributed by atoms with E-state index in [1.807, 2.05) is 38.1 Å². The Balaban J connectivity index is 1.49. The fraction of sp³-hybridized carbons (Fsp3) is 0.0800. The van der Waals surface area contributed by atoms with Gasteiger partial charge in [-0.05, 0) is 67.4 Å². The van der Waals surface area contributed by atoms with Crippen LogP contribution in [0.5, 0.6) is 5.75 Å². The van der Waals surface area contributed by atoms with E-state index in [0.29, 0.717) is 22.7 Å². The standard InChI is InChI=1S/C25H19ClN2O4/c1-15-6-5-8-19(14-15)32-25(31)17-10-12-18(13-11-17)27-22-21(26)23(29)28(24(22)30)20-9-4-3-7-16(20)2/h3-14,27H,1-2H3. The number of carbonyl (C=O) groups is 3. The minimum absolute atomic E-state index is 0.0185. The monoisotopic (exact) mass is 446 g/mol. The highest BCUT2D eigenvalue weighted by Gasteiger charge is 2.39. The quantitative estimate of drug-likeness (QED) is 0.340. The molecule has 0 saturated heterocycles. The molecule has 0 radical (unpaired) electrons. The number of nitrogens with zero attached hydrogens (tertiary/aromatic N) is 1. The molecule has 0 bridgehead atoms. The molecule has 3 aromatic rings. The van der Waals surface area contributed by atoms with Crippen LogP contribution in [0, 0.1) is 13.8 Å². The van der Waals surface area contributed by atoms with Gasteiger partial charge in [0.15, 0.2) is 0 Å². The number of para-hydroxylation sites is 1. The Hall–Kier alpha value is -3.90. The van der Waals surface area contributed by atoms with Crippen molar-refractivity contribution in [3.05, 3.63) is 100 Å². The Morgan fingerprint density at radius 3 is 2.31 bits per heavy atom. The second-order valence-corrected chi connectivity index (χ2v) is 7.71. The molecule has 1 aliphatic heterocycles. The molecule has 0 atom stereocenters. The van der Waals surface area contributed by atoms with Gasteiger partial charge in [0.1, 0.15) is 16.5 Å². The highest BCUT2D eigenvalue weighted by atomic mass is 35.5. The van der Waals surface area contributed by atoms with Gasteiger partial charge in [-0.2, -0.15) is 0 Å². The third-order valence-electron chi connectivity index (χ3n) is 4.97. The highest BCUT2D eigenvalue weighted by Crippen LogP contribution is 2.31. The fourth-order valence-corrected chi connectivity index (χ4v) is 3.54. The van der Waals surface area contributed by atoms with E-state index in [1.54, 1.807) is 48.5 Å². The van der Waals surface area contributed by atoms with Gasteiger partial charge in [-0.1, -0.05) is 41.9 Å². The van der Waals surface area contributed by atoms with Crippen LogP contribution in [-0.4, -0.2) is 17.8 Å². The molecule has 0 aliphatic carbocycles. The second-order valence-electron chi connectivity index (χ2n) is 7.33. The van der Waals surface area contributed by atoms with E-state index in [4.69, 9.17) is 16.3 Å². The molecule has 0 aromatic heterocycles. The van der Waals surface area contributed by atoms with Gasteiger partial charge in [-0.25, -0.2) is 9.69 Å². The molecule has 0 fully saturated rings. The summed E-state index contributed by atoms with van der Waals surface area (Å²) in [5.41, 5.74) is 3.05. The minimum atomic E-state index is -0.591. The van der Waals surface area contributed by atoms with Crippen LogP contribution in [0.15, 0.2) is 83.5 Å². The number of rotatable bonds is 5. The number of esters is 1. The number of anilines is 2. The number of hydrogen-bond acceptors (Lipinski definition) is 5. The molecule has 7 heteroatoms. The van der Waals surface area contributed by atoms with Gasteiger partial charge >= 0.3 is 5.97 Å². The smallest absolute Gasteiger partial charge is 0.343 e. The van der Waals surface area contributed by atoms with E-state index in [9.17, 15) is 14.4 Å². The van der Waals surface area contributed by atoms with Gasteiger partial charge in [0.25, 0.3) is 11.8 Å². The normalized spacial score (nSPS) is 13.5. The second kappa shape index (κ2) is 8.69. The number of nitrogens with one attached hydrogen (secondary N) is 1. The van der Waals surface area contributed by atoms with Gasteiger partial charge in [0.2, 0.25) is 0 Å². The van der Waals surface area contributed by atoms with Crippen LogP contribution < -0.4 is 15.0 Å². The minimum Gasteiger partial charge on any atom is -0.423 e. The number of imide groups is 1. The van der Waals surface area contributed by atoms with Crippen LogP contribution in [-0.2, 0) is 9.59 Å². The maximum atomic E-state index is 12.9. The third-order valence-corrected chi connectivity index (χ3v) is 5.32. The van der Waals surface area contributed by atoms with E-state index in [0.717, 1.165) is 16.0 Å². The van der Waals surface area contributed by atoms with Crippen molar-refractivity contribution in [3.63, 3.8) is 0 Å². The number of hydrogen-bond donors (Lipinski definition) is 1. The van der Waals surface area contributed by atoms with E-state index >= 15 is 0 Å². The summed E-state index contributed by atoms with van der Waals surface area (Å²) >= 11 is 6.19. The van der Waals surface area contributed by atoms with Crippen LogP contribution in [0.3, 0.4) is 0 Å². The van der Waals surface area contributed by atoms with Gasteiger partial charge in [0, 0.05) is 5.69 Å². The molecular weight excluding hydrogens is 428 g/mol. The maximum Gasteiger partial charge on any atom is 0.343 e. The lowest BCUT2D eigenvalue weighted by Gasteiger charge is -2.17.